The lowest BCUT2D eigenvalue weighted by Crippen LogP contribution is -2.61. The summed E-state index contributed by atoms with van der Waals surface area (Å²) in [5.74, 6) is -0.171. The number of carbonyl (C=O) groups is 1. The Bertz CT molecular complexity index is 584. The van der Waals surface area contributed by atoms with Crippen LogP contribution in [0.1, 0.15) is 13.8 Å². The SMILES string of the molecule is CNC(=O)C1CN(S(=O)(=O)c2cn[nH]c2)CCN1C(C)C. The Morgan fingerprint density at radius 1 is 1.48 bits per heavy atom. The first-order valence-electron chi connectivity index (χ1n) is 6.84. The summed E-state index contributed by atoms with van der Waals surface area (Å²) in [6.07, 6.45) is 2.62. The fraction of sp³-hybridized carbons (Fsp3) is 0.667. The van der Waals surface area contributed by atoms with Gasteiger partial charge in [0.15, 0.2) is 0 Å². The van der Waals surface area contributed by atoms with Gasteiger partial charge in [0.1, 0.15) is 10.9 Å². The molecule has 1 fully saturated rings. The molecule has 2 heterocycles. The molecule has 1 aromatic rings. The Hall–Kier alpha value is -1.45. The lowest BCUT2D eigenvalue weighted by Gasteiger charge is -2.41. The summed E-state index contributed by atoms with van der Waals surface area (Å²) in [5.41, 5.74) is 0. The molecule has 2 rings (SSSR count). The van der Waals surface area contributed by atoms with Crippen LogP contribution in [-0.2, 0) is 14.8 Å². The average molecular weight is 315 g/mol. The number of piperazine rings is 1. The van der Waals surface area contributed by atoms with E-state index in [0.29, 0.717) is 13.1 Å². The molecule has 1 atom stereocenters. The van der Waals surface area contributed by atoms with Crippen LogP contribution in [0, 0.1) is 0 Å². The van der Waals surface area contributed by atoms with Crippen molar-refractivity contribution in [3.8, 4) is 0 Å². The van der Waals surface area contributed by atoms with E-state index in [1.807, 2.05) is 18.7 Å². The summed E-state index contributed by atoms with van der Waals surface area (Å²) in [6, 6.07) is -0.309. The predicted octanol–water partition coefficient (Wildman–Crippen LogP) is -0.761. The minimum atomic E-state index is -3.61. The summed E-state index contributed by atoms with van der Waals surface area (Å²) in [6.45, 7) is 5.02. The molecule has 0 spiro atoms. The van der Waals surface area contributed by atoms with Crippen LogP contribution in [0.4, 0.5) is 0 Å². The van der Waals surface area contributed by atoms with E-state index in [0.717, 1.165) is 0 Å². The number of aromatic amines is 1. The maximum Gasteiger partial charge on any atom is 0.246 e. The summed E-state index contributed by atoms with van der Waals surface area (Å²) in [7, 11) is -2.05. The molecule has 1 saturated heterocycles. The first-order chi connectivity index (χ1) is 9.87. The molecule has 21 heavy (non-hydrogen) atoms. The Morgan fingerprint density at radius 3 is 2.71 bits per heavy atom. The van der Waals surface area contributed by atoms with Gasteiger partial charge in [-0.05, 0) is 13.8 Å². The standard InChI is InChI=1S/C12H21N5O3S/c1-9(2)17-5-4-16(8-11(17)12(18)13-3)21(19,20)10-6-14-15-7-10/h6-7,9,11H,4-5,8H2,1-3H3,(H,13,18)(H,14,15). The van der Waals surface area contributed by atoms with Gasteiger partial charge in [-0.15, -0.1) is 0 Å². The molecule has 118 valence electrons. The molecule has 0 aliphatic carbocycles. The summed E-state index contributed by atoms with van der Waals surface area (Å²) in [5, 5.41) is 8.78. The van der Waals surface area contributed by atoms with E-state index in [-0.39, 0.29) is 23.4 Å². The molecule has 2 N–H and O–H groups in total. The molecule has 1 aliphatic rings. The van der Waals surface area contributed by atoms with Crippen LogP contribution in [-0.4, -0.2) is 72.5 Å². The lowest BCUT2D eigenvalue weighted by molar-refractivity contribution is -0.128. The first kappa shape index (κ1) is 15.9. The van der Waals surface area contributed by atoms with Crippen molar-refractivity contribution < 1.29 is 13.2 Å². The molecule has 9 heteroatoms. The molecule has 1 unspecified atom stereocenters. The largest absolute Gasteiger partial charge is 0.358 e. The van der Waals surface area contributed by atoms with Gasteiger partial charge in [0.25, 0.3) is 0 Å². The summed E-state index contributed by atoms with van der Waals surface area (Å²) < 4.78 is 26.3. The molecule has 0 radical (unpaired) electrons. The van der Waals surface area contributed by atoms with Gasteiger partial charge in [-0.1, -0.05) is 0 Å². The second-order valence-corrected chi connectivity index (χ2v) is 7.20. The second kappa shape index (κ2) is 6.12. The van der Waals surface area contributed by atoms with Crippen molar-refractivity contribution in [2.24, 2.45) is 0 Å². The zero-order valence-corrected chi connectivity index (χ0v) is 13.2. The van der Waals surface area contributed by atoms with Gasteiger partial charge in [-0.3, -0.25) is 14.8 Å². The van der Waals surface area contributed by atoms with Crippen LogP contribution in [0.5, 0.6) is 0 Å². The molecule has 8 nitrogen and oxygen atoms in total. The van der Waals surface area contributed by atoms with E-state index < -0.39 is 16.1 Å². The summed E-state index contributed by atoms with van der Waals surface area (Å²) >= 11 is 0. The van der Waals surface area contributed by atoms with Crippen LogP contribution in [0.25, 0.3) is 0 Å². The third-order valence-corrected chi connectivity index (χ3v) is 5.54. The Kier molecular flexibility index (Phi) is 4.64. The third-order valence-electron chi connectivity index (χ3n) is 3.71. The monoisotopic (exact) mass is 315 g/mol. The smallest absolute Gasteiger partial charge is 0.246 e. The molecule has 1 aromatic heterocycles. The number of amides is 1. The molecule has 0 saturated carbocycles. The Balaban J connectivity index is 2.24. The third kappa shape index (κ3) is 3.09. The fourth-order valence-corrected chi connectivity index (χ4v) is 3.88. The van der Waals surface area contributed by atoms with E-state index in [1.54, 1.807) is 7.05 Å². The van der Waals surface area contributed by atoms with Gasteiger partial charge in [-0.2, -0.15) is 9.40 Å². The van der Waals surface area contributed by atoms with Crippen LogP contribution < -0.4 is 5.32 Å². The highest BCUT2D eigenvalue weighted by Gasteiger charge is 2.38. The number of hydrogen-bond acceptors (Lipinski definition) is 5. The molecular weight excluding hydrogens is 294 g/mol. The van der Waals surface area contributed by atoms with Crippen LogP contribution in [0.3, 0.4) is 0 Å². The minimum Gasteiger partial charge on any atom is -0.358 e. The van der Waals surface area contributed by atoms with Crippen molar-refractivity contribution in [1.82, 2.24) is 24.7 Å². The van der Waals surface area contributed by atoms with E-state index >= 15 is 0 Å². The van der Waals surface area contributed by atoms with Gasteiger partial charge >= 0.3 is 0 Å². The van der Waals surface area contributed by atoms with Crippen molar-refractivity contribution in [2.75, 3.05) is 26.7 Å². The summed E-state index contributed by atoms with van der Waals surface area (Å²) in [4.78, 5) is 14.2. The van der Waals surface area contributed by atoms with Gasteiger partial charge in [0.2, 0.25) is 15.9 Å². The topological polar surface area (TPSA) is 98.4 Å². The number of H-pyrrole nitrogens is 1. The van der Waals surface area contributed by atoms with E-state index in [1.165, 1.54) is 16.7 Å². The highest BCUT2D eigenvalue weighted by molar-refractivity contribution is 7.89. The molecule has 1 amide bonds. The fourth-order valence-electron chi connectivity index (χ4n) is 2.54. The molecular formula is C12H21N5O3S. The quantitative estimate of drug-likeness (QED) is 0.761. The van der Waals surface area contributed by atoms with Crippen molar-refractivity contribution in [1.29, 1.82) is 0 Å². The highest BCUT2D eigenvalue weighted by atomic mass is 32.2. The van der Waals surface area contributed by atoms with Gasteiger partial charge in [-0.25, -0.2) is 8.42 Å². The molecule has 1 aliphatic heterocycles. The molecule has 0 bridgehead atoms. The average Bonchev–Trinajstić information content (AvgIpc) is 3.00. The van der Waals surface area contributed by atoms with Crippen molar-refractivity contribution in [3.05, 3.63) is 12.4 Å². The number of aromatic nitrogens is 2. The Morgan fingerprint density at radius 2 is 2.19 bits per heavy atom. The van der Waals surface area contributed by atoms with Gasteiger partial charge < -0.3 is 5.32 Å². The normalized spacial score (nSPS) is 21.6. The number of sulfonamides is 1. The second-order valence-electron chi connectivity index (χ2n) is 5.26. The molecule has 0 aromatic carbocycles. The maximum absolute atomic E-state index is 12.5. The number of nitrogens with one attached hydrogen (secondary N) is 2. The van der Waals surface area contributed by atoms with Gasteiger partial charge in [0, 0.05) is 38.9 Å². The van der Waals surface area contributed by atoms with Crippen LogP contribution in [0.15, 0.2) is 17.3 Å². The predicted molar refractivity (Wildman–Crippen MR) is 77.0 cm³/mol. The van der Waals surface area contributed by atoms with Gasteiger partial charge in [0.05, 0.1) is 6.20 Å². The maximum atomic E-state index is 12.5. The van der Waals surface area contributed by atoms with Crippen molar-refractivity contribution >= 4 is 15.9 Å². The lowest BCUT2D eigenvalue weighted by atomic mass is 10.1. The number of rotatable bonds is 4. The number of likely N-dealkylation sites (N-methyl/N-ethyl adjacent to an activating group) is 1. The Labute approximate surface area is 124 Å². The van der Waals surface area contributed by atoms with Crippen molar-refractivity contribution in [2.45, 2.75) is 30.8 Å². The van der Waals surface area contributed by atoms with Crippen LogP contribution >= 0.6 is 0 Å². The zero-order valence-electron chi connectivity index (χ0n) is 12.4. The van der Waals surface area contributed by atoms with E-state index in [9.17, 15) is 13.2 Å². The number of hydrogen-bond donors (Lipinski definition) is 2. The van der Waals surface area contributed by atoms with Crippen molar-refractivity contribution in [3.63, 3.8) is 0 Å². The highest BCUT2D eigenvalue weighted by Crippen LogP contribution is 2.20. The number of carbonyl (C=O) groups excluding carboxylic acids is 1. The van der Waals surface area contributed by atoms with E-state index in [2.05, 4.69) is 15.5 Å². The van der Waals surface area contributed by atoms with E-state index in [4.69, 9.17) is 0 Å². The first-order valence-corrected chi connectivity index (χ1v) is 8.28. The van der Waals surface area contributed by atoms with Crippen LogP contribution in [0.2, 0.25) is 0 Å². The number of nitrogens with zero attached hydrogens (tertiary/aromatic N) is 3. The zero-order chi connectivity index (χ0) is 15.6. The minimum absolute atomic E-state index is 0.121.